The number of halogens is 1. The van der Waals surface area contributed by atoms with E-state index in [9.17, 15) is 8.42 Å². The molecule has 2 rings (SSSR count). The number of hydrogen-bond acceptors (Lipinski definition) is 3. The Balaban J connectivity index is 2.08. The number of rotatable bonds is 3. The molecular formula is C14H14ClN3O2S2. The summed E-state index contributed by atoms with van der Waals surface area (Å²) in [6, 6.07) is 11.5. The zero-order valence-electron chi connectivity index (χ0n) is 11.6. The maximum absolute atomic E-state index is 11.2. The maximum Gasteiger partial charge on any atom is 0.238 e. The van der Waals surface area contributed by atoms with E-state index in [2.05, 4.69) is 10.6 Å². The Morgan fingerprint density at radius 1 is 1.14 bits per heavy atom. The predicted octanol–water partition coefficient (Wildman–Crippen LogP) is 3.10. The Morgan fingerprint density at radius 3 is 2.36 bits per heavy atom. The molecule has 22 heavy (non-hydrogen) atoms. The Kier molecular flexibility index (Phi) is 5.02. The number of nitrogens with two attached hydrogens (primary N) is 1. The molecule has 0 unspecified atom stereocenters. The van der Waals surface area contributed by atoms with Crippen molar-refractivity contribution in [1.82, 2.24) is 0 Å². The van der Waals surface area contributed by atoms with Gasteiger partial charge in [0.15, 0.2) is 5.11 Å². The van der Waals surface area contributed by atoms with Gasteiger partial charge in [0.2, 0.25) is 10.0 Å². The SMILES string of the molecule is Cc1c(Cl)cccc1NC(=S)Nc1ccc(S(N)(=O)=O)cc1. The Labute approximate surface area is 139 Å². The first kappa shape index (κ1) is 16.7. The molecule has 0 saturated carbocycles. The molecule has 2 aromatic rings. The molecule has 5 nitrogen and oxygen atoms in total. The Bertz CT molecular complexity index is 805. The molecule has 0 aliphatic rings. The van der Waals surface area contributed by atoms with E-state index in [4.69, 9.17) is 29.0 Å². The van der Waals surface area contributed by atoms with E-state index < -0.39 is 10.0 Å². The third kappa shape index (κ3) is 4.17. The summed E-state index contributed by atoms with van der Waals surface area (Å²) >= 11 is 11.3. The van der Waals surface area contributed by atoms with Crippen molar-refractivity contribution >= 4 is 50.3 Å². The summed E-state index contributed by atoms with van der Waals surface area (Å²) in [6.45, 7) is 1.88. The van der Waals surface area contributed by atoms with E-state index in [1.165, 1.54) is 12.1 Å². The molecule has 116 valence electrons. The maximum atomic E-state index is 11.2. The minimum Gasteiger partial charge on any atom is -0.332 e. The van der Waals surface area contributed by atoms with E-state index in [1.807, 2.05) is 19.1 Å². The van der Waals surface area contributed by atoms with Crippen molar-refractivity contribution in [3.05, 3.63) is 53.1 Å². The van der Waals surface area contributed by atoms with Crippen molar-refractivity contribution in [3.63, 3.8) is 0 Å². The van der Waals surface area contributed by atoms with E-state index in [1.54, 1.807) is 18.2 Å². The standard InChI is InChI=1S/C14H14ClN3O2S2/c1-9-12(15)3-2-4-13(9)18-14(21)17-10-5-7-11(8-6-10)22(16,19)20/h2-8H,1H3,(H2,16,19,20)(H2,17,18,21). The Morgan fingerprint density at radius 2 is 1.77 bits per heavy atom. The molecule has 0 heterocycles. The monoisotopic (exact) mass is 355 g/mol. The smallest absolute Gasteiger partial charge is 0.238 e. The lowest BCUT2D eigenvalue weighted by atomic mass is 10.2. The van der Waals surface area contributed by atoms with Crippen LogP contribution in [0.25, 0.3) is 0 Å². The van der Waals surface area contributed by atoms with E-state index in [0.717, 1.165) is 11.3 Å². The number of primary sulfonamides is 1. The zero-order valence-corrected chi connectivity index (χ0v) is 14.0. The number of thiocarbonyl (C=S) groups is 1. The minimum atomic E-state index is -3.70. The van der Waals surface area contributed by atoms with Gasteiger partial charge in [0.25, 0.3) is 0 Å². The minimum absolute atomic E-state index is 0.0441. The average Bonchev–Trinajstić information content (AvgIpc) is 2.43. The van der Waals surface area contributed by atoms with Crippen molar-refractivity contribution in [1.29, 1.82) is 0 Å². The van der Waals surface area contributed by atoms with Gasteiger partial charge in [-0.05, 0) is 61.1 Å². The van der Waals surface area contributed by atoms with Crippen molar-refractivity contribution in [3.8, 4) is 0 Å². The second-order valence-corrected chi connectivity index (χ2v) is 6.94. The van der Waals surface area contributed by atoms with Crippen LogP contribution in [0.4, 0.5) is 11.4 Å². The van der Waals surface area contributed by atoms with Gasteiger partial charge in [0.05, 0.1) is 4.90 Å². The molecule has 0 saturated heterocycles. The van der Waals surface area contributed by atoms with Gasteiger partial charge in [-0.25, -0.2) is 13.6 Å². The van der Waals surface area contributed by atoms with Crippen LogP contribution in [-0.2, 0) is 10.0 Å². The molecule has 0 bridgehead atoms. The quantitative estimate of drug-likeness (QED) is 0.737. The lowest BCUT2D eigenvalue weighted by Crippen LogP contribution is -2.19. The van der Waals surface area contributed by atoms with Crippen LogP contribution in [0.2, 0.25) is 5.02 Å². The van der Waals surface area contributed by atoms with Crippen LogP contribution >= 0.6 is 23.8 Å². The molecule has 4 N–H and O–H groups in total. The largest absolute Gasteiger partial charge is 0.332 e. The van der Waals surface area contributed by atoms with E-state index >= 15 is 0 Å². The highest BCUT2D eigenvalue weighted by Gasteiger charge is 2.08. The molecular weight excluding hydrogens is 342 g/mol. The number of anilines is 2. The fourth-order valence-electron chi connectivity index (χ4n) is 1.76. The topological polar surface area (TPSA) is 84.2 Å². The first-order valence-electron chi connectivity index (χ1n) is 6.23. The van der Waals surface area contributed by atoms with Crippen molar-refractivity contribution in [2.45, 2.75) is 11.8 Å². The molecule has 0 spiro atoms. The molecule has 0 amide bonds. The molecule has 0 radical (unpaired) electrons. The first-order chi connectivity index (χ1) is 10.3. The second kappa shape index (κ2) is 6.62. The van der Waals surface area contributed by atoms with Crippen LogP contribution in [0.3, 0.4) is 0 Å². The highest BCUT2D eigenvalue weighted by Crippen LogP contribution is 2.23. The van der Waals surface area contributed by atoms with Crippen molar-refractivity contribution in [2.24, 2.45) is 5.14 Å². The molecule has 0 atom stereocenters. The van der Waals surface area contributed by atoms with Gasteiger partial charge in [0, 0.05) is 16.4 Å². The third-order valence-electron chi connectivity index (χ3n) is 2.96. The van der Waals surface area contributed by atoms with E-state index in [-0.39, 0.29) is 4.90 Å². The molecule has 0 fully saturated rings. The van der Waals surface area contributed by atoms with Crippen molar-refractivity contribution in [2.75, 3.05) is 10.6 Å². The molecule has 0 aliphatic heterocycles. The fraction of sp³-hybridized carbons (Fsp3) is 0.0714. The summed E-state index contributed by atoms with van der Waals surface area (Å²) in [6.07, 6.45) is 0. The predicted molar refractivity (Wildman–Crippen MR) is 93.8 cm³/mol. The highest BCUT2D eigenvalue weighted by atomic mass is 35.5. The summed E-state index contributed by atoms with van der Waals surface area (Å²) in [5.74, 6) is 0. The van der Waals surface area contributed by atoms with Crippen LogP contribution in [0, 0.1) is 6.92 Å². The van der Waals surface area contributed by atoms with Crippen LogP contribution in [0.1, 0.15) is 5.56 Å². The molecule has 8 heteroatoms. The number of benzene rings is 2. The van der Waals surface area contributed by atoms with Crippen molar-refractivity contribution < 1.29 is 8.42 Å². The zero-order chi connectivity index (χ0) is 16.3. The van der Waals surface area contributed by atoms with Crippen LogP contribution in [-0.4, -0.2) is 13.5 Å². The van der Waals surface area contributed by atoms with E-state index in [0.29, 0.717) is 15.8 Å². The number of sulfonamides is 1. The Hall–Kier alpha value is -1.67. The summed E-state index contributed by atoms with van der Waals surface area (Å²) in [7, 11) is -3.70. The molecule has 0 aliphatic carbocycles. The lowest BCUT2D eigenvalue weighted by Gasteiger charge is -2.13. The van der Waals surface area contributed by atoms with Gasteiger partial charge in [-0.15, -0.1) is 0 Å². The van der Waals surface area contributed by atoms with Gasteiger partial charge < -0.3 is 10.6 Å². The van der Waals surface area contributed by atoms with Crippen LogP contribution in [0.15, 0.2) is 47.4 Å². The molecule has 2 aromatic carbocycles. The first-order valence-corrected chi connectivity index (χ1v) is 8.56. The summed E-state index contributed by atoms with van der Waals surface area (Å²) in [5.41, 5.74) is 2.33. The van der Waals surface area contributed by atoms with Crippen LogP contribution < -0.4 is 15.8 Å². The fourth-order valence-corrected chi connectivity index (χ4v) is 2.67. The highest BCUT2D eigenvalue weighted by molar-refractivity contribution is 7.89. The third-order valence-corrected chi connectivity index (χ3v) is 4.50. The van der Waals surface area contributed by atoms with Gasteiger partial charge in [-0.3, -0.25) is 0 Å². The summed E-state index contributed by atoms with van der Waals surface area (Å²) in [4.78, 5) is 0.0441. The molecule has 0 aromatic heterocycles. The van der Waals surface area contributed by atoms with Gasteiger partial charge >= 0.3 is 0 Å². The normalized spacial score (nSPS) is 11.0. The van der Waals surface area contributed by atoms with Gasteiger partial charge in [-0.1, -0.05) is 17.7 Å². The van der Waals surface area contributed by atoms with Gasteiger partial charge in [-0.2, -0.15) is 0 Å². The lowest BCUT2D eigenvalue weighted by molar-refractivity contribution is 0.598. The number of nitrogens with one attached hydrogen (secondary N) is 2. The summed E-state index contributed by atoms with van der Waals surface area (Å²) in [5, 5.41) is 12.0. The number of hydrogen-bond donors (Lipinski definition) is 3. The average molecular weight is 356 g/mol. The van der Waals surface area contributed by atoms with Crippen LogP contribution in [0.5, 0.6) is 0 Å². The summed E-state index contributed by atoms with van der Waals surface area (Å²) < 4.78 is 22.4. The van der Waals surface area contributed by atoms with Gasteiger partial charge in [0.1, 0.15) is 0 Å². The second-order valence-electron chi connectivity index (χ2n) is 4.56.